The molecule has 2 N–H and O–H groups in total. The number of fused-ring (bicyclic) bond motifs is 1. The van der Waals surface area contributed by atoms with E-state index in [1.54, 1.807) is 26.2 Å². The highest BCUT2D eigenvalue weighted by atomic mass is 32.1. The summed E-state index contributed by atoms with van der Waals surface area (Å²) < 4.78 is 21.4. The van der Waals surface area contributed by atoms with E-state index in [0.717, 1.165) is 5.56 Å². The van der Waals surface area contributed by atoms with E-state index in [4.69, 9.17) is 31.2 Å². The quantitative estimate of drug-likeness (QED) is 0.772. The summed E-state index contributed by atoms with van der Waals surface area (Å²) in [7, 11) is 1.57. The molecule has 1 aliphatic rings. The highest BCUT2D eigenvalue weighted by Crippen LogP contribution is 2.37. The molecule has 27 heavy (non-hydrogen) atoms. The number of nitrogens with one attached hydrogen (secondary N) is 2. The van der Waals surface area contributed by atoms with Crippen molar-refractivity contribution in [1.29, 1.82) is 0 Å². The van der Waals surface area contributed by atoms with E-state index in [1.165, 1.54) is 0 Å². The van der Waals surface area contributed by atoms with Gasteiger partial charge in [-0.05, 0) is 49.5 Å². The van der Waals surface area contributed by atoms with Gasteiger partial charge in [0.2, 0.25) is 0 Å². The van der Waals surface area contributed by atoms with E-state index in [2.05, 4.69) is 15.6 Å². The van der Waals surface area contributed by atoms with Crippen LogP contribution in [0, 0.1) is 0 Å². The molecule has 0 bridgehead atoms. The number of ether oxygens (including phenoxy) is 4. The predicted octanol–water partition coefficient (Wildman–Crippen LogP) is 2.97. The minimum absolute atomic E-state index is 0.0826. The van der Waals surface area contributed by atoms with Crippen LogP contribution in [0.15, 0.2) is 30.3 Å². The number of rotatable bonds is 4. The van der Waals surface area contributed by atoms with Crippen LogP contribution in [-0.4, -0.2) is 43.1 Å². The number of aromatic nitrogens is 1. The Morgan fingerprint density at radius 2 is 2.00 bits per heavy atom. The number of carbonyl (C=O) groups is 1. The molecule has 2 aromatic rings. The molecule has 3 rings (SSSR count). The maximum Gasteiger partial charge on any atom is 0.413 e. The first-order valence-electron chi connectivity index (χ1n) is 8.30. The van der Waals surface area contributed by atoms with Crippen LogP contribution in [0.4, 0.5) is 10.6 Å². The monoisotopic (exact) mass is 389 g/mol. The molecule has 0 saturated heterocycles. The topological polar surface area (TPSA) is 90.9 Å². The Bertz CT molecular complexity index is 859. The van der Waals surface area contributed by atoms with E-state index in [0.29, 0.717) is 42.0 Å². The number of thiocarbonyl (C=S) groups is 1. The van der Waals surface area contributed by atoms with Crippen molar-refractivity contribution in [2.75, 3.05) is 32.2 Å². The zero-order valence-electron chi connectivity index (χ0n) is 14.9. The molecule has 8 nitrogen and oxygen atoms in total. The summed E-state index contributed by atoms with van der Waals surface area (Å²) in [4.78, 5) is 16.0. The number of hydrogen-bond donors (Lipinski definition) is 2. The molecular weight excluding hydrogens is 370 g/mol. The first-order chi connectivity index (χ1) is 13.1. The van der Waals surface area contributed by atoms with Crippen molar-refractivity contribution in [1.82, 2.24) is 10.3 Å². The molecule has 0 unspecified atom stereocenters. The van der Waals surface area contributed by atoms with Crippen LogP contribution in [0.5, 0.6) is 17.2 Å². The summed E-state index contributed by atoms with van der Waals surface area (Å²) in [5, 5.41) is 5.34. The summed E-state index contributed by atoms with van der Waals surface area (Å²) in [6, 6.07) is 9.00. The van der Waals surface area contributed by atoms with Gasteiger partial charge in [0, 0.05) is 5.56 Å². The molecule has 0 radical (unpaired) electrons. The fourth-order valence-corrected chi connectivity index (χ4v) is 2.67. The van der Waals surface area contributed by atoms with Crippen molar-refractivity contribution in [3.63, 3.8) is 0 Å². The molecule has 0 spiro atoms. The van der Waals surface area contributed by atoms with Gasteiger partial charge in [0.15, 0.2) is 16.6 Å². The maximum absolute atomic E-state index is 11.4. The molecule has 1 aliphatic heterocycles. The summed E-state index contributed by atoms with van der Waals surface area (Å²) in [5.41, 5.74) is 1.39. The zero-order valence-corrected chi connectivity index (χ0v) is 15.7. The van der Waals surface area contributed by atoms with Crippen molar-refractivity contribution in [3.8, 4) is 28.5 Å². The molecule has 9 heteroatoms. The molecule has 0 aliphatic carbocycles. The van der Waals surface area contributed by atoms with E-state index in [1.807, 2.05) is 18.2 Å². The Morgan fingerprint density at radius 1 is 1.22 bits per heavy atom. The van der Waals surface area contributed by atoms with E-state index >= 15 is 0 Å². The second-order valence-corrected chi connectivity index (χ2v) is 5.81. The first kappa shape index (κ1) is 18.7. The highest BCUT2D eigenvalue weighted by Gasteiger charge is 2.16. The van der Waals surface area contributed by atoms with Crippen molar-refractivity contribution < 1.29 is 23.7 Å². The predicted molar refractivity (Wildman–Crippen MR) is 104 cm³/mol. The summed E-state index contributed by atoms with van der Waals surface area (Å²) in [6.45, 7) is 2.98. The minimum Gasteiger partial charge on any atom is -0.494 e. The normalized spacial score (nSPS) is 12.1. The lowest BCUT2D eigenvalue weighted by Crippen LogP contribution is -2.34. The lowest BCUT2D eigenvalue weighted by atomic mass is 10.1. The van der Waals surface area contributed by atoms with Crippen LogP contribution in [-0.2, 0) is 4.74 Å². The molecule has 142 valence electrons. The van der Waals surface area contributed by atoms with Crippen LogP contribution < -0.4 is 24.8 Å². The molecule has 1 aromatic carbocycles. The Kier molecular flexibility index (Phi) is 5.92. The summed E-state index contributed by atoms with van der Waals surface area (Å²) in [5.74, 6) is 2.38. The summed E-state index contributed by atoms with van der Waals surface area (Å²) >= 11 is 5.10. The van der Waals surface area contributed by atoms with Gasteiger partial charge in [-0.15, -0.1) is 0 Å². The fourth-order valence-electron chi connectivity index (χ4n) is 2.49. The number of alkyl carbamates (subject to hydrolysis) is 1. The lowest BCUT2D eigenvalue weighted by Gasteiger charge is -2.19. The number of amides is 1. The molecule has 2 heterocycles. The minimum atomic E-state index is -0.629. The molecule has 1 aromatic heterocycles. The van der Waals surface area contributed by atoms with E-state index < -0.39 is 6.09 Å². The van der Waals surface area contributed by atoms with Crippen LogP contribution >= 0.6 is 12.2 Å². The Labute approximate surface area is 161 Å². The second-order valence-electron chi connectivity index (χ2n) is 5.41. The zero-order chi connectivity index (χ0) is 19.2. The third kappa shape index (κ3) is 4.56. The standard InChI is InChI=1S/C18H19N3O5S/c1-3-24-18(22)21-17(27)20-15-7-6-13(23-2)16(19-15)11-4-5-12-14(10-11)26-9-8-25-12/h4-7,10H,3,8-9H2,1-2H3,(H2,19,20,21,22,27). The van der Waals surface area contributed by atoms with Gasteiger partial charge in [0.25, 0.3) is 0 Å². The molecule has 0 atom stereocenters. The maximum atomic E-state index is 11.4. The van der Waals surface area contributed by atoms with Gasteiger partial charge in [-0.3, -0.25) is 5.32 Å². The number of anilines is 1. The van der Waals surface area contributed by atoms with Crippen LogP contribution in [0.1, 0.15) is 6.92 Å². The molecular formula is C18H19N3O5S. The number of methoxy groups -OCH3 is 1. The Morgan fingerprint density at radius 3 is 2.74 bits per heavy atom. The van der Waals surface area contributed by atoms with Crippen LogP contribution in [0.3, 0.4) is 0 Å². The van der Waals surface area contributed by atoms with E-state index in [9.17, 15) is 4.79 Å². The van der Waals surface area contributed by atoms with Gasteiger partial charge in [0.05, 0.1) is 13.7 Å². The number of pyridine rings is 1. The number of nitrogens with zero attached hydrogens (tertiary/aromatic N) is 1. The van der Waals surface area contributed by atoms with Gasteiger partial charge < -0.3 is 24.3 Å². The van der Waals surface area contributed by atoms with Gasteiger partial charge in [-0.25, -0.2) is 9.78 Å². The fraction of sp³-hybridized carbons (Fsp3) is 0.278. The average molecular weight is 389 g/mol. The van der Waals surface area contributed by atoms with Gasteiger partial charge in [-0.1, -0.05) is 0 Å². The third-order valence-electron chi connectivity index (χ3n) is 3.63. The van der Waals surface area contributed by atoms with Gasteiger partial charge >= 0.3 is 6.09 Å². The third-order valence-corrected chi connectivity index (χ3v) is 3.83. The van der Waals surface area contributed by atoms with Crippen LogP contribution in [0.25, 0.3) is 11.3 Å². The average Bonchev–Trinajstić information content (AvgIpc) is 2.67. The Balaban J connectivity index is 1.84. The molecule has 0 saturated carbocycles. The van der Waals surface area contributed by atoms with E-state index in [-0.39, 0.29) is 11.7 Å². The number of carbonyl (C=O) groups excluding carboxylic acids is 1. The Hall–Kier alpha value is -3.07. The van der Waals surface area contributed by atoms with Crippen molar-refractivity contribution >= 4 is 29.2 Å². The van der Waals surface area contributed by atoms with Crippen molar-refractivity contribution in [3.05, 3.63) is 30.3 Å². The van der Waals surface area contributed by atoms with Gasteiger partial charge in [-0.2, -0.15) is 0 Å². The van der Waals surface area contributed by atoms with Crippen LogP contribution in [0.2, 0.25) is 0 Å². The molecule has 0 fully saturated rings. The first-order valence-corrected chi connectivity index (χ1v) is 8.71. The smallest absolute Gasteiger partial charge is 0.413 e. The van der Waals surface area contributed by atoms with Crippen molar-refractivity contribution in [2.45, 2.75) is 6.92 Å². The largest absolute Gasteiger partial charge is 0.494 e. The van der Waals surface area contributed by atoms with Crippen molar-refractivity contribution in [2.24, 2.45) is 0 Å². The summed E-state index contributed by atoms with van der Waals surface area (Å²) in [6.07, 6.45) is -0.629. The highest BCUT2D eigenvalue weighted by molar-refractivity contribution is 7.80. The lowest BCUT2D eigenvalue weighted by molar-refractivity contribution is 0.158. The molecule has 1 amide bonds. The SMILES string of the molecule is CCOC(=O)NC(=S)Nc1ccc(OC)c(-c2ccc3c(c2)OCCO3)n1. The van der Waals surface area contributed by atoms with Gasteiger partial charge in [0.1, 0.15) is 30.5 Å². The number of hydrogen-bond acceptors (Lipinski definition) is 7. The number of benzene rings is 1. The second kappa shape index (κ2) is 8.54.